The third kappa shape index (κ3) is 1.67. The zero-order chi connectivity index (χ0) is 9.97. The van der Waals surface area contributed by atoms with Crippen molar-refractivity contribution in [1.29, 1.82) is 0 Å². The van der Waals surface area contributed by atoms with E-state index in [1.54, 1.807) is 0 Å². The first kappa shape index (κ1) is 9.66. The third-order valence-electron chi connectivity index (χ3n) is 3.18. The van der Waals surface area contributed by atoms with Crippen LogP contribution in [-0.2, 0) is 0 Å². The van der Waals surface area contributed by atoms with Crippen LogP contribution in [0.25, 0.3) is 0 Å². The molecule has 0 aliphatic carbocycles. The molecule has 2 rings (SSSR count). The molecule has 0 radical (unpaired) electrons. The smallest absolute Gasteiger partial charge is 0.0420 e. The summed E-state index contributed by atoms with van der Waals surface area (Å²) in [4.78, 5) is 6.91. The number of likely N-dealkylation sites (tertiary alicyclic amines) is 1. The lowest BCUT2D eigenvalue weighted by Crippen LogP contribution is -2.23. The van der Waals surface area contributed by atoms with Crippen LogP contribution in [0.15, 0.2) is 18.3 Å². The molecule has 2 heterocycles. The molecule has 1 fully saturated rings. The fourth-order valence-electron chi connectivity index (χ4n) is 2.41. The van der Waals surface area contributed by atoms with Gasteiger partial charge in [-0.15, -0.1) is 0 Å². The van der Waals surface area contributed by atoms with Crippen LogP contribution in [0.1, 0.15) is 37.1 Å². The van der Waals surface area contributed by atoms with E-state index in [0.29, 0.717) is 6.04 Å². The Hall–Kier alpha value is -0.890. The summed E-state index contributed by atoms with van der Waals surface area (Å²) in [6.45, 7) is 6.75. The minimum atomic E-state index is 0.619. The summed E-state index contributed by atoms with van der Waals surface area (Å²) < 4.78 is 0. The van der Waals surface area contributed by atoms with Crippen molar-refractivity contribution in [3.8, 4) is 0 Å². The number of rotatable bonds is 2. The molecule has 0 amide bonds. The zero-order valence-corrected chi connectivity index (χ0v) is 9.03. The Balaban J connectivity index is 2.26. The first-order valence-electron chi connectivity index (χ1n) is 5.48. The van der Waals surface area contributed by atoms with E-state index < -0.39 is 0 Å². The molecule has 1 saturated heterocycles. The summed E-state index contributed by atoms with van der Waals surface area (Å²) in [6.07, 6.45) is 4.50. The minimum absolute atomic E-state index is 0.619. The number of nitrogens with zero attached hydrogens (tertiary/aromatic N) is 2. The zero-order valence-electron chi connectivity index (χ0n) is 9.03. The molecule has 0 aromatic carbocycles. The Kier molecular flexibility index (Phi) is 2.82. The SMILES string of the molecule is CCN1CCC[C@@H]1c1cccnc1C. The summed E-state index contributed by atoms with van der Waals surface area (Å²) >= 11 is 0. The minimum Gasteiger partial charge on any atom is -0.297 e. The second-order valence-corrected chi connectivity index (χ2v) is 3.96. The molecule has 2 heteroatoms. The van der Waals surface area contributed by atoms with Crippen molar-refractivity contribution >= 4 is 0 Å². The van der Waals surface area contributed by atoms with E-state index in [9.17, 15) is 0 Å². The van der Waals surface area contributed by atoms with Crippen LogP contribution in [0.2, 0.25) is 0 Å². The molecule has 0 N–H and O–H groups in total. The van der Waals surface area contributed by atoms with Crippen LogP contribution in [0, 0.1) is 6.92 Å². The largest absolute Gasteiger partial charge is 0.297 e. The average molecular weight is 190 g/mol. The van der Waals surface area contributed by atoms with Gasteiger partial charge in [0.25, 0.3) is 0 Å². The Bertz CT molecular complexity index is 309. The highest BCUT2D eigenvalue weighted by Gasteiger charge is 2.25. The number of hydrogen-bond donors (Lipinski definition) is 0. The lowest BCUT2D eigenvalue weighted by molar-refractivity contribution is 0.270. The van der Waals surface area contributed by atoms with E-state index in [1.807, 2.05) is 6.20 Å². The molecule has 1 aromatic heterocycles. The maximum atomic E-state index is 4.37. The van der Waals surface area contributed by atoms with Gasteiger partial charge in [-0.3, -0.25) is 9.88 Å². The Morgan fingerprint density at radius 1 is 1.57 bits per heavy atom. The summed E-state index contributed by atoms with van der Waals surface area (Å²) in [5, 5.41) is 0. The fraction of sp³-hybridized carbons (Fsp3) is 0.583. The predicted molar refractivity (Wildman–Crippen MR) is 58.2 cm³/mol. The van der Waals surface area contributed by atoms with Gasteiger partial charge in [0.2, 0.25) is 0 Å². The first-order valence-corrected chi connectivity index (χ1v) is 5.48. The molecule has 1 aliphatic rings. The highest BCUT2D eigenvalue weighted by molar-refractivity contribution is 5.23. The molecule has 1 atom stereocenters. The van der Waals surface area contributed by atoms with Gasteiger partial charge in [0.05, 0.1) is 0 Å². The number of pyridine rings is 1. The normalized spacial score (nSPS) is 22.9. The monoisotopic (exact) mass is 190 g/mol. The van der Waals surface area contributed by atoms with E-state index >= 15 is 0 Å². The van der Waals surface area contributed by atoms with Crippen molar-refractivity contribution in [2.75, 3.05) is 13.1 Å². The summed E-state index contributed by atoms with van der Waals surface area (Å²) in [5.74, 6) is 0. The summed E-state index contributed by atoms with van der Waals surface area (Å²) in [5.41, 5.74) is 2.62. The van der Waals surface area contributed by atoms with E-state index in [0.717, 1.165) is 6.54 Å². The first-order chi connectivity index (χ1) is 6.83. The Morgan fingerprint density at radius 3 is 3.14 bits per heavy atom. The fourth-order valence-corrected chi connectivity index (χ4v) is 2.41. The highest BCUT2D eigenvalue weighted by atomic mass is 15.2. The summed E-state index contributed by atoms with van der Waals surface area (Å²) in [7, 11) is 0. The van der Waals surface area contributed by atoms with Crippen LogP contribution < -0.4 is 0 Å². The van der Waals surface area contributed by atoms with Crippen molar-refractivity contribution in [3.63, 3.8) is 0 Å². The number of aromatic nitrogens is 1. The van der Waals surface area contributed by atoms with E-state index in [4.69, 9.17) is 0 Å². The second kappa shape index (κ2) is 4.09. The van der Waals surface area contributed by atoms with E-state index in [-0.39, 0.29) is 0 Å². The van der Waals surface area contributed by atoms with Crippen molar-refractivity contribution in [3.05, 3.63) is 29.6 Å². The molecular formula is C12H18N2. The molecule has 2 nitrogen and oxygen atoms in total. The maximum Gasteiger partial charge on any atom is 0.0420 e. The predicted octanol–water partition coefficient (Wildman–Crippen LogP) is 2.55. The van der Waals surface area contributed by atoms with Crippen molar-refractivity contribution < 1.29 is 0 Å². The second-order valence-electron chi connectivity index (χ2n) is 3.96. The van der Waals surface area contributed by atoms with Crippen LogP contribution >= 0.6 is 0 Å². The van der Waals surface area contributed by atoms with Gasteiger partial charge in [-0.05, 0) is 44.5 Å². The Labute approximate surface area is 86.0 Å². The highest BCUT2D eigenvalue weighted by Crippen LogP contribution is 2.32. The molecule has 0 spiro atoms. The topological polar surface area (TPSA) is 16.1 Å². The van der Waals surface area contributed by atoms with Gasteiger partial charge >= 0.3 is 0 Å². The van der Waals surface area contributed by atoms with Crippen LogP contribution in [0.3, 0.4) is 0 Å². The molecular weight excluding hydrogens is 172 g/mol. The number of hydrogen-bond acceptors (Lipinski definition) is 2. The molecule has 0 unspecified atom stereocenters. The Morgan fingerprint density at radius 2 is 2.43 bits per heavy atom. The van der Waals surface area contributed by atoms with E-state index in [1.165, 1.54) is 30.6 Å². The van der Waals surface area contributed by atoms with E-state index in [2.05, 4.69) is 35.9 Å². The van der Waals surface area contributed by atoms with Gasteiger partial charge in [-0.2, -0.15) is 0 Å². The molecule has 76 valence electrons. The van der Waals surface area contributed by atoms with Crippen molar-refractivity contribution in [2.24, 2.45) is 0 Å². The van der Waals surface area contributed by atoms with Gasteiger partial charge in [-0.1, -0.05) is 13.0 Å². The van der Waals surface area contributed by atoms with Crippen molar-refractivity contribution in [1.82, 2.24) is 9.88 Å². The van der Waals surface area contributed by atoms with Gasteiger partial charge < -0.3 is 0 Å². The molecule has 14 heavy (non-hydrogen) atoms. The van der Waals surface area contributed by atoms with Gasteiger partial charge in [0.1, 0.15) is 0 Å². The molecule has 1 aliphatic heterocycles. The third-order valence-corrected chi connectivity index (χ3v) is 3.18. The van der Waals surface area contributed by atoms with Gasteiger partial charge in [-0.25, -0.2) is 0 Å². The number of aryl methyl sites for hydroxylation is 1. The average Bonchev–Trinajstić information content (AvgIpc) is 2.66. The quantitative estimate of drug-likeness (QED) is 0.712. The lowest BCUT2D eigenvalue weighted by atomic mass is 10.0. The van der Waals surface area contributed by atoms with Crippen LogP contribution in [-0.4, -0.2) is 23.0 Å². The lowest BCUT2D eigenvalue weighted by Gasteiger charge is -2.23. The standard InChI is InChI=1S/C12H18N2/c1-3-14-9-5-7-12(14)11-6-4-8-13-10(11)2/h4,6,8,12H,3,5,7,9H2,1-2H3/t12-/m1/s1. The molecule has 0 bridgehead atoms. The van der Waals surface area contributed by atoms with Crippen molar-refractivity contribution in [2.45, 2.75) is 32.7 Å². The summed E-state index contributed by atoms with van der Waals surface area (Å²) in [6, 6.07) is 4.89. The van der Waals surface area contributed by atoms with Crippen LogP contribution in [0.5, 0.6) is 0 Å². The molecule has 0 saturated carbocycles. The van der Waals surface area contributed by atoms with Gasteiger partial charge in [0, 0.05) is 17.9 Å². The molecule has 1 aromatic rings. The maximum absolute atomic E-state index is 4.37. The van der Waals surface area contributed by atoms with Crippen LogP contribution in [0.4, 0.5) is 0 Å². The van der Waals surface area contributed by atoms with Gasteiger partial charge in [0.15, 0.2) is 0 Å².